The van der Waals surface area contributed by atoms with E-state index in [1.54, 1.807) is 30.3 Å². The number of rotatable bonds is 2. The minimum absolute atomic E-state index is 0.106. The number of pyridine rings is 1. The third-order valence-corrected chi connectivity index (χ3v) is 5.51. The van der Waals surface area contributed by atoms with E-state index in [1.807, 2.05) is 0 Å². The summed E-state index contributed by atoms with van der Waals surface area (Å²) in [4.78, 5) is 28.9. The number of hydrogen-bond acceptors (Lipinski definition) is 4. The summed E-state index contributed by atoms with van der Waals surface area (Å²) < 4.78 is 7.58. The second-order valence-corrected chi connectivity index (χ2v) is 7.27. The lowest BCUT2D eigenvalue weighted by molar-refractivity contribution is -0.125. The maximum Gasteiger partial charge on any atom is 0.263 e. The van der Waals surface area contributed by atoms with Crippen molar-refractivity contribution in [3.8, 4) is 0 Å². The number of nitrogens with zero attached hydrogens (tertiary/aromatic N) is 3. The Balaban J connectivity index is 1.67. The summed E-state index contributed by atoms with van der Waals surface area (Å²) in [6.45, 7) is 2.09. The van der Waals surface area contributed by atoms with Gasteiger partial charge < -0.3 is 19.1 Å². The number of hydrogen-bond donors (Lipinski definition) is 0. The average Bonchev–Trinajstić information content (AvgIpc) is 2.57. The summed E-state index contributed by atoms with van der Waals surface area (Å²) >= 11 is 0. The molecule has 1 aromatic heterocycles. The Hall–Kier alpha value is -1.66. The summed E-state index contributed by atoms with van der Waals surface area (Å²) in [5.41, 5.74) is -0.0814. The Labute approximate surface area is 143 Å². The van der Waals surface area contributed by atoms with Gasteiger partial charge in [-0.1, -0.05) is 0 Å². The van der Waals surface area contributed by atoms with Gasteiger partial charge in [-0.25, -0.2) is 0 Å². The summed E-state index contributed by atoms with van der Waals surface area (Å²) in [7, 11) is 5.91. The molecule has 0 saturated carbocycles. The van der Waals surface area contributed by atoms with E-state index in [9.17, 15) is 9.59 Å². The molecule has 1 amide bonds. The van der Waals surface area contributed by atoms with Gasteiger partial charge in [0.25, 0.3) is 11.5 Å². The number of carbonyl (C=O) groups is 1. The van der Waals surface area contributed by atoms with Crippen molar-refractivity contribution in [1.29, 1.82) is 0 Å². The van der Waals surface area contributed by atoms with E-state index in [1.165, 1.54) is 4.57 Å². The van der Waals surface area contributed by atoms with E-state index in [4.69, 9.17) is 4.74 Å². The monoisotopic (exact) mass is 333 g/mol. The lowest BCUT2D eigenvalue weighted by atomic mass is 9.82. The Morgan fingerprint density at radius 3 is 2.71 bits per heavy atom. The highest BCUT2D eigenvalue weighted by Gasteiger charge is 2.41. The first-order valence-corrected chi connectivity index (χ1v) is 8.67. The lowest BCUT2D eigenvalue weighted by Gasteiger charge is -2.47. The molecule has 2 aliphatic rings. The molecule has 0 aliphatic carbocycles. The quantitative estimate of drug-likeness (QED) is 0.813. The van der Waals surface area contributed by atoms with Gasteiger partial charge in [0.15, 0.2) is 0 Å². The fourth-order valence-electron chi connectivity index (χ4n) is 3.84. The molecule has 1 unspecified atom stereocenters. The molecule has 2 aliphatic heterocycles. The van der Waals surface area contributed by atoms with Gasteiger partial charge in [0.2, 0.25) is 0 Å². The van der Waals surface area contributed by atoms with Gasteiger partial charge in [-0.15, -0.1) is 0 Å². The van der Waals surface area contributed by atoms with Gasteiger partial charge >= 0.3 is 0 Å². The zero-order valence-electron chi connectivity index (χ0n) is 14.8. The van der Waals surface area contributed by atoms with Crippen molar-refractivity contribution in [2.24, 2.45) is 7.05 Å². The summed E-state index contributed by atoms with van der Waals surface area (Å²) in [5, 5.41) is 0. The molecule has 3 rings (SSSR count). The number of ether oxygens (including phenoxy) is 1. The molecular formula is C18H27N3O3. The number of aromatic nitrogens is 1. The number of amides is 1. The Bertz CT molecular complexity index is 660. The first-order chi connectivity index (χ1) is 11.4. The van der Waals surface area contributed by atoms with Crippen LogP contribution in [0.4, 0.5) is 0 Å². The first-order valence-electron chi connectivity index (χ1n) is 8.67. The zero-order chi connectivity index (χ0) is 17.3. The van der Waals surface area contributed by atoms with Crippen LogP contribution in [-0.2, 0) is 11.8 Å². The minimum Gasteiger partial charge on any atom is -0.375 e. The smallest absolute Gasteiger partial charge is 0.263 e. The maximum atomic E-state index is 12.7. The highest BCUT2D eigenvalue weighted by atomic mass is 16.5. The lowest BCUT2D eigenvalue weighted by Crippen LogP contribution is -2.54. The molecule has 3 heterocycles. The summed E-state index contributed by atoms with van der Waals surface area (Å²) in [6.07, 6.45) is 5.45. The number of carbonyl (C=O) groups excluding carboxylic acids is 1. The van der Waals surface area contributed by atoms with Crippen molar-refractivity contribution in [1.82, 2.24) is 14.4 Å². The van der Waals surface area contributed by atoms with Gasteiger partial charge in [0, 0.05) is 39.0 Å². The van der Waals surface area contributed by atoms with Crippen LogP contribution in [-0.4, -0.2) is 65.7 Å². The SMILES string of the molecule is CN(C)C1CCOC2(CCN(C(=O)c3cccn(C)c3=O)CC2)C1. The van der Waals surface area contributed by atoms with E-state index in [0.717, 1.165) is 32.3 Å². The third kappa shape index (κ3) is 3.26. The molecule has 2 fully saturated rings. The van der Waals surface area contributed by atoms with Crippen molar-refractivity contribution in [2.45, 2.75) is 37.3 Å². The fourth-order valence-corrected chi connectivity index (χ4v) is 3.84. The molecular weight excluding hydrogens is 306 g/mol. The van der Waals surface area contributed by atoms with Crippen LogP contribution in [0.3, 0.4) is 0 Å². The van der Waals surface area contributed by atoms with Gasteiger partial charge in [-0.3, -0.25) is 9.59 Å². The number of aryl methyl sites for hydroxylation is 1. The van der Waals surface area contributed by atoms with Crippen LogP contribution in [0.1, 0.15) is 36.0 Å². The molecule has 0 N–H and O–H groups in total. The second-order valence-electron chi connectivity index (χ2n) is 7.27. The normalized spacial score (nSPS) is 23.7. The van der Waals surface area contributed by atoms with Crippen LogP contribution in [0.2, 0.25) is 0 Å². The highest BCUT2D eigenvalue weighted by Crippen LogP contribution is 2.36. The molecule has 2 saturated heterocycles. The van der Waals surface area contributed by atoms with E-state index >= 15 is 0 Å². The average molecular weight is 333 g/mol. The molecule has 6 nitrogen and oxygen atoms in total. The Morgan fingerprint density at radius 2 is 2.04 bits per heavy atom. The molecule has 24 heavy (non-hydrogen) atoms. The minimum atomic E-state index is -0.232. The Morgan fingerprint density at radius 1 is 1.33 bits per heavy atom. The molecule has 132 valence electrons. The van der Waals surface area contributed by atoms with Crippen LogP contribution in [0, 0.1) is 0 Å². The number of piperidine rings is 1. The molecule has 0 aromatic carbocycles. The topological polar surface area (TPSA) is 54.8 Å². The van der Waals surface area contributed by atoms with Crippen LogP contribution < -0.4 is 5.56 Å². The van der Waals surface area contributed by atoms with Crippen molar-refractivity contribution < 1.29 is 9.53 Å². The third-order valence-electron chi connectivity index (χ3n) is 5.51. The maximum absolute atomic E-state index is 12.7. The van der Waals surface area contributed by atoms with E-state index in [-0.39, 0.29) is 22.6 Å². The number of likely N-dealkylation sites (tertiary alicyclic amines) is 1. The predicted octanol–water partition coefficient (Wildman–Crippen LogP) is 1.10. The second kappa shape index (κ2) is 6.69. The van der Waals surface area contributed by atoms with Gasteiger partial charge in [-0.05, 0) is 51.9 Å². The molecule has 1 spiro atoms. The van der Waals surface area contributed by atoms with Crippen molar-refractivity contribution in [3.05, 3.63) is 34.2 Å². The van der Waals surface area contributed by atoms with Crippen molar-refractivity contribution in [2.75, 3.05) is 33.8 Å². The van der Waals surface area contributed by atoms with E-state index in [0.29, 0.717) is 19.1 Å². The van der Waals surface area contributed by atoms with Gasteiger partial charge in [-0.2, -0.15) is 0 Å². The van der Waals surface area contributed by atoms with Crippen LogP contribution >= 0.6 is 0 Å². The van der Waals surface area contributed by atoms with Crippen LogP contribution in [0.25, 0.3) is 0 Å². The van der Waals surface area contributed by atoms with Crippen LogP contribution in [0.5, 0.6) is 0 Å². The first kappa shape index (κ1) is 17.2. The van der Waals surface area contributed by atoms with Crippen LogP contribution in [0.15, 0.2) is 23.1 Å². The molecule has 6 heteroatoms. The molecule has 1 atom stereocenters. The predicted molar refractivity (Wildman–Crippen MR) is 92.2 cm³/mol. The fraction of sp³-hybridized carbons (Fsp3) is 0.667. The zero-order valence-corrected chi connectivity index (χ0v) is 14.8. The summed E-state index contributed by atoms with van der Waals surface area (Å²) in [5.74, 6) is -0.161. The van der Waals surface area contributed by atoms with Crippen molar-refractivity contribution >= 4 is 5.91 Å². The largest absolute Gasteiger partial charge is 0.375 e. The van der Waals surface area contributed by atoms with Gasteiger partial charge in [0.1, 0.15) is 5.56 Å². The Kier molecular flexibility index (Phi) is 4.78. The molecule has 1 aromatic rings. The van der Waals surface area contributed by atoms with Gasteiger partial charge in [0.05, 0.1) is 5.60 Å². The standard InChI is InChI=1S/C18H27N3O3/c1-19(2)14-6-12-24-18(13-14)7-10-21(11-8-18)17(23)15-5-4-9-20(3)16(15)22/h4-5,9,14H,6-8,10-13H2,1-3H3. The molecule has 0 bridgehead atoms. The molecule has 0 radical (unpaired) electrons. The van der Waals surface area contributed by atoms with E-state index in [2.05, 4.69) is 19.0 Å². The summed E-state index contributed by atoms with van der Waals surface area (Å²) in [6, 6.07) is 3.91. The highest BCUT2D eigenvalue weighted by molar-refractivity contribution is 5.93. The van der Waals surface area contributed by atoms with E-state index < -0.39 is 0 Å². The van der Waals surface area contributed by atoms with Crippen molar-refractivity contribution in [3.63, 3.8) is 0 Å².